The summed E-state index contributed by atoms with van der Waals surface area (Å²) in [6.07, 6.45) is 1.68. The van der Waals surface area contributed by atoms with Crippen LogP contribution in [-0.4, -0.2) is 47.1 Å². The van der Waals surface area contributed by atoms with E-state index < -0.39 is 5.97 Å². The first-order chi connectivity index (χ1) is 15.5. The number of rotatable bonds is 6. The molecule has 0 spiro atoms. The Kier molecular flexibility index (Phi) is 6.82. The van der Waals surface area contributed by atoms with Crippen LogP contribution in [0, 0.1) is 5.92 Å². The predicted octanol–water partition coefficient (Wildman–Crippen LogP) is 4.03. The number of hydrogen-bond acceptors (Lipinski definition) is 7. The van der Waals surface area contributed by atoms with Gasteiger partial charge in [0.15, 0.2) is 0 Å². The second-order valence-electron chi connectivity index (χ2n) is 7.65. The van der Waals surface area contributed by atoms with E-state index in [9.17, 15) is 9.59 Å². The molecule has 1 amide bonds. The number of piperidine rings is 1. The Bertz CT molecular complexity index is 1100. The molecular weight excluding hydrogens is 432 g/mol. The van der Waals surface area contributed by atoms with Gasteiger partial charge in [-0.05, 0) is 61.9 Å². The minimum absolute atomic E-state index is 0.0795. The van der Waals surface area contributed by atoms with Crippen LogP contribution < -0.4 is 5.32 Å². The predicted molar refractivity (Wildman–Crippen MR) is 119 cm³/mol. The Labute approximate surface area is 190 Å². The fourth-order valence-electron chi connectivity index (χ4n) is 3.73. The Morgan fingerprint density at radius 2 is 2.06 bits per heavy atom. The maximum atomic E-state index is 12.8. The van der Waals surface area contributed by atoms with Crippen molar-refractivity contribution in [3.8, 4) is 11.4 Å². The number of nitrogens with zero attached hydrogens (tertiary/aromatic N) is 3. The number of benzene rings is 2. The molecule has 3 aromatic rings. The SMILES string of the molecule is COC(=O)c1cccc(NC(=O)C2CCCN(Cc3nc(-c4ccc(Cl)cc4)no3)C2)c1. The number of hydrogen-bond donors (Lipinski definition) is 1. The van der Waals surface area contributed by atoms with E-state index >= 15 is 0 Å². The number of anilines is 1. The van der Waals surface area contributed by atoms with E-state index in [-0.39, 0.29) is 11.8 Å². The number of aromatic nitrogens is 2. The molecule has 166 valence electrons. The number of carbonyl (C=O) groups excluding carboxylic acids is 2. The molecule has 0 aliphatic carbocycles. The number of methoxy groups -OCH3 is 1. The van der Waals surface area contributed by atoms with E-state index in [0.717, 1.165) is 24.9 Å². The summed E-state index contributed by atoms with van der Waals surface area (Å²) >= 11 is 5.93. The van der Waals surface area contributed by atoms with Gasteiger partial charge in [-0.3, -0.25) is 9.69 Å². The first-order valence-corrected chi connectivity index (χ1v) is 10.7. The third-order valence-electron chi connectivity index (χ3n) is 5.36. The lowest BCUT2D eigenvalue weighted by Crippen LogP contribution is -2.40. The summed E-state index contributed by atoms with van der Waals surface area (Å²) in [6, 6.07) is 14.0. The fraction of sp³-hybridized carbons (Fsp3) is 0.304. The Hall–Kier alpha value is -3.23. The summed E-state index contributed by atoms with van der Waals surface area (Å²) in [5, 5.41) is 7.60. The van der Waals surface area contributed by atoms with E-state index in [1.54, 1.807) is 36.4 Å². The summed E-state index contributed by atoms with van der Waals surface area (Å²) in [4.78, 5) is 31.1. The minimum atomic E-state index is -0.442. The van der Waals surface area contributed by atoms with Crippen LogP contribution in [0.1, 0.15) is 29.1 Å². The lowest BCUT2D eigenvalue weighted by Gasteiger charge is -2.30. The van der Waals surface area contributed by atoms with Crippen molar-refractivity contribution in [2.45, 2.75) is 19.4 Å². The van der Waals surface area contributed by atoms with Crippen molar-refractivity contribution < 1.29 is 18.8 Å². The van der Waals surface area contributed by atoms with Crippen LogP contribution in [0.3, 0.4) is 0 Å². The molecule has 1 unspecified atom stereocenters. The van der Waals surface area contributed by atoms with Crippen LogP contribution in [0.15, 0.2) is 53.1 Å². The average molecular weight is 455 g/mol. The number of amides is 1. The molecule has 32 heavy (non-hydrogen) atoms. The van der Waals surface area contributed by atoms with Crippen LogP contribution in [0.25, 0.3) is 11.4 Å². The molecule has 0 radical (unpaired) electrons. The van der Waals surface area contributed by atoms with Crippen molar-refractivity contribution in [2.75, 3.05) is 25.5 Å². The van der Waals surface area contributed by atoms with Gasteiger partial charge in [0.25, 0.3) is 0 Å². The normalized spacial score (nSPS) is 16.5. The first kappa shape index (κ1) is 22.0. The molecule has 4 rings (SSSR count). The number of carbonyl (C=O) groups is 2. The quantitative estimate of drug-likeness (QED) is 0.561. The van der Waals surface area contributed by atoms with Crippen molar-refractivity contribution in [2.24, 2.45) is 5.92 Å². The van der Waals surface area contributed by atoms with Crippen molar-refractivity contribution in [1.82, 2.24) is 15.0 Å². The molecule has 8 nitrogen and oxygen atoms in total. The molecule has 1 aliphatic rings. The van der Waals surface area contributed by atoms with Gasteiger partial charge in [-0.1, -0.05) is 22.8 Å². The largest absolute Gasteiger partial charge is 0.465 e. The first-order valence-electron chi connectivity index (χ1n) is 10.3. The van der Waals surface area contributed by atoms with Crippen molar-refractivity contribution in [3.05, 3.63) is 65.0 Å². The van der Waals surface area contributed by atoms with Crippen LogP contribution in [-0.2, 0) is 16.1 Å². The van der Waals surface area contributed by atoms with Gasteiger partial charge in [0.2, 0.25) is 17.6 Å². The summed E-state index contributed by atoms with van der Waals surface area (Å²) in [5.74, 6) is 0.311. The van der Waals surface area contributed by atoms with Crippen LogP contribution in [0.4, 0.5) is 5.69 Å². The van der Waals surface area contributed by atoms with Crippen LogP contribution in [0.2, 0.25) is 5.02 Å². The van der Waals surface area contributed by atoms with Gasteiger partial charge in [-0.2, -0.15) is 4.98 Å². The molecule has 1 N–H and O–H groups in total. The molecule has 2 aromatic carbocycles. The molecule has 0 bridgehead atoms. The zero-order valence-corrected chi connectivity index (χ0v) is 18.3. The van der Waals surface area contributed by atoms with Crippen molar-refractivity contribution in [1.29, 1.82) is 0 Å². The van der Waals surface area contributed by atoms with E-state index in [0.29, 0.717) is 41.1 Å². The Morgan fingerprint density at radius 3 is 2.84 bits per heavy atom. The van der Waals surface area contributed by atoms with E-state index in [4.69, 9.17) is 20.9 Å². The van der Waals surface area contributed by atoms with Gasteiger partial charge >= 0.3 is 5.97 Å². The molecule has 1 aromatic heterocycles. The maximum absolute atomic E-state index is 12.8. The van der Waals surface area contributed by atoms with Crippen LogP contribution >= 0.6 is 11.6 Å². The second-order valence-corrected chi connectivity index (χ2v) is 8.09. The number of halogens is 1. The third-order valence-corrected chi connectivity index (χ3v) is 5.61. The number of esters is 1. The fourth-order valence-corrected chi connectivity index (χ4v) is 3.85. The van der Waals surface area contributed by atoms with E-state index in [1.165, 1.54) is 7.11 Å². The highest BCUT2D eigenvalue weighted by Crippen LogP contribution is 2.23. The number of nitrogens with one attached hydrogen (secondary N) is 1. The average Bonchev–Trinajstić information content (AvgIpc) is 3.27. The summed E-state index contributed by atoms with van der Waals surface area (Å²) in [6.45, 7) is 1.91. The molecule has 1 atom stereocenters. The van der Waals surface area contributed by atoms with Gasteiger partial charge in [0.1, 0.15) is 0 Å². The Morgan fingerprint density at radius 1 is 1.25 bits per heavy atom. The van der Waals surface area contributed by atoms with Gasteiger partial charge in [-0.25, -0.2) is 4.79 Å². The number of ether oxygens (including phenoxy) is 1. The lowest BCUT2D eigenvalue weighted by molar-refractivity contribution is -0.121. The zero-order valence-electron chi connectivity index (χ0n) is 17.6. The van der Waals surface area contributed by atoms with Crippen LogP contribution in [0.5, 0.6) is 0 Å². The highest BCUT2D eigenvalue weighted by molar-refractivity contribution is 6.30. The molecule has 2 heterocycles. The van der Waals surface area contributed by atoms with E-state index in [1.807, 2.05) is 12.1 Å². The Balaban J connectivity index is 1.36. The maximum Gasteiger partial charge on any atom is 0.337 e. The standard InChI is InChI=1S/C23H23ClN4O4/c1-31-23(30)16-4-2-6-19(12-16)25-22(29)17-5-3-11-28(13-17)14-20-26-21(27-32-20)15-7-9-18(24)10-8-15/h2,4,6-10,12,17H,3,5,11,13-14H2,1H3,(H,25,29). The monoisotopic (exact) mass is 454 g/mol. The van der Waals surface area contributed by atoms with Crippen molar-refractivity contribution in [3.63, 3.8) is 0 Å². The molecule has 1 saturated heterocycles. The molecule has 1 fully saturated rings. The van der Waals surface area contributed by atoms with Gasteiger partial charge in [-0.15, -0.1) is 0 Å². The topological polar surface area (TPSA) is 97.6 Å². The second kappa shape index (κ2) is 9.93. The van der Waals surface area contributed by atoms with Gasteiger partial charge in [0.05, 0.1) is 25.1 Å². The van der Waals surface area contributed by atoms with Gasteiger partial charge < -0.3 is 14.6 Å². The number of likely N-dealkylation sites (tertiary alicyclic amines) is 1. The lowest BCUT2D eigenvalue weighted by atomic mass is 9.97. The molecule has 0 saturated carbocycles. The zero-order chi connectivity index (χ0) is 22.5. The molecule has 1 aliphatic heterocycles. The summed E-state index contributed by atoms with van der Waals surface area (Å²) in [7, 11) is 1.33. The van der Waals surface area contributed by atoms with Gasteiger partial charge in [0, 0.05) is 22.8 Å². The molecular formula is C23H23ClN4O4. The highest BCUT2D eigenvalue weighted by atomic mass is 35.5. The third kappa shape index (κ3) is 5.33. The summed E-state index contributed by atoms with van der Waals surface area (Å²) in [5.41, 5.74) is 1.79. The summed E-state index contributed by atoms with van der Waals surface area (Å²) < 4.78 is 10.1. The smallest absolute Gasteiger partial charge is 0.337 e. The molecule has 9 heteroatoms. The minimum Gasteiger partial charge on any atom is -0.465 e. The highest BCUT2D eigenvalue weighted by Gasteiger charge is 2.27. The van der Waals surface area contributed by atoms with E-state index in [2.05, 4.69) is 20.4 Å². The van der Waals surface area contributed by atoms with Crippen molar-refractivity contribution >= 4 is 29.2 Å².